The number of Topliss-reactive ketones (excluding diaryl/α,β-unsaturated/α-hetero) is 1. The standard InChI is InChI=1S/C8H16O6/c1-13-4-5(10)7(11)8(12)6(3-9)14-2/h6-9,11-12H,3-4H2,1-2H3. The zero-order chi connectivity index (χ0) is 11.1. The number of rotatable bonds is 7. The van der Waals surface area contributed by atoms with Gasteiger partial charge < -0.3 is 24.8 Å². The van der Waals surface area contributed by atoms with Crippen LogP contribution in [0.25, 0.3) is 0 Å². The minimum Gasteiger partial charge on any atom is -0.394 e. The highest BCUT2D eigenvalue weighted by Gasteiger charge is 2.30. The number of carbonyl (C=O) groups is 1. The Kier molecular flexibility index (Phi) is 6.60. The molecule has 0 saturated carbocycles. The Morgan fingerprint density at radius 3 is 2.29 bits per heavy atom. The lowest BCUT2D eigenvalue weighted by molar-refractivity contribution is -0.145. The first kappa shape index (κ1) is 13.5. The first-order valence-electron chi connectivity index (χ1n) is 4.09. The van der Waals surface area contributed by atoms with Crippen LogP contribution in [-0.4, -0.2) is 66.8 Å². The third-order valence-corrected chi connectivity index (χ3v) is 1.80. The highest BCUT2D eigenvalue weighted by molar-refractivity contribution is 5.84. The Balaban J connectivity index is 4.21. The Morgan fingerprint density at radius 2 is 1.93 bits per heavy atom. The normalized spacial score (nSPS) is 17.5. The van der Waals surface area contributed by atoms with E-state index in [9.17, 15) is 15.0 Å². The molecule has 0 bridgehead atoms. The van der Waals surface area contributed by atoms with E-state index in [4.69, 9.17) is 5.11 Å². The lowest BCUT2D eigenvalue weighted by Gasteiger charge is -2.22. The Labute approximate surface area is 82.1 Å². The summed E-state index contributed by atoms with van der Waals surface area (Å²) in [5.74, 6) is -0.657. The van der Waals surface area contributed by atoms with E-state index in [1.54, 1.807) is 0 Å². The smallest absolute Gasteiger partial charge is 0.189 e. The number of aliphatic hydroxyl groups is 3. The lowest BCUT2D eigenvalue weighted by atomic mass is 10.1. The van der Waals surface area contributed by atoms with Crippen LogP contribution in [0.4, 0.5) is 0 Å². The van der Waals surface area contributed by atoms with Crippen molar-refractivity contribution in [2.75, 3.05) is 27.4 Å². The number of ketones is 1. The van der Waals surface area contributed by atoms with Crippen molar-refractivity contribution in [2.24, 2.45) is 0 Å². The predicted octanol–water partition coefficient (Wildman–Crippen LogP) is -2.07. The quantitative estimate of drug-likeness (QED) is 0.445. The van der Waals surface area contributed by atoms with Crippen LogP contribution >= 0.6 is 0 Å². The van der Waals surface area contributed by atoms with Crippen LogP contribution in [0.5, 0.6) is 0 Å². The summed E-state index contributed by atoms with van der Waals surface area (Å²) in [6, 6.07) is 0. The Hall–Kier alpha value is -0.530. The average Bonchev–Trinajstić information content (AvgIpc) is 2.18. The summed E-state index contributed by atoms with van der Waals surface area (Å²) in [5, 5.41) is 27.4. The topological polar surface area (TPSA) is 96.2 Å². The van der Waals surface area contributed by atoms with Gasteiger partial charge in [-0.3, -0.25) is 4.79 Å². The summed E-state index contributed by atoms with van der Waals surface area (Å²) >= 11 is 0. The van der Waals surface area contributed by atoms with Gasteiger partial charge in [-0.25, -0.2) is 0 Å². The van der Waals surface area contributed by atoms with Crippen LogP contribution in [0, 0.1) is 0 Å². The van der Waals surface area contributed by atoms with E-state index in [1.807, 2.05) is 0 Å². The van der Waals surface area contributed by atoms with E-state index in [0.29, 0.717) is 0 Å². The maximum atomic E-state index is 11.0. The van der Waals surface area contributed by atoms with Crippen molar-refractivity contribution < 1.29 is 29.6 Å². The fourth-order valence-electron chi connectivity index (χ4n) is 0.943. The molecular weight excluding hydrogens is 192 g/mol. The number of methoxy groups -OCH3 is 2. The predicted molar refractivity (Wildman–Crippen MR) is 46.8 cm³/mol. The molecule has 0 heterocycles. The summed E-state index contributed by atoms with van der Waals surface area (Å²) in [5.41, 5.74) is 0. The van der Waals surface area contributed by atoms with Gasteiger partial charge in [0.05, 0.1) is 6.61 Å². The van der Waals surface area contributed by atoms with Crippen molar-refractivity contribution in [3.63, 3.8) is 0 Å². The number of aliphatic hydroxyl groups excluding tert-OH is 3. The maximum Gasteiger partial charge on any atom is 0.189 e. The zero-order valence-electron chi connectivity index (χ0n) is 8.21. The Bertz CT molecular complexity index is 167. The van der Waals surface area contributed by atoms with Gasteiger partial charge >= 0.3 is 0 Å². The average molecular weight is 208 g/mol. The second-order valence-electron chi connectivity index (χ2n) is 2.79. The number of hydrogen-bond donors (Lipinski definition) is 3. The SMILES string of the molecule is COCC(=O)C(O)C(O)C(CO)OC. The summed E-state index contributed by atoms with van der Waals surface area (Å²) in [6.07, 6.45) is -4.04. The van der Waals surface area contributed by atoms with Crippen molar-refractivity contribution in [2.45, 2.75) is 18.3 Å². The van der Waals surface area contributed by atoms with E-state index in [0.717, 1.165) is 0 Å². The molecule has 3 atom stereocenters. The zero-order valence-corrected chi connectivity index (χ0v) is 8.21. The summed E-state index contributed by atoms with van der Waals surface area (Å²) < 4.78 is 9.16. The molecule has 0 amide bonds. The van der Waals surface area contributed by atoms with Gasteiger partial charge in [-0.15, -0.1) is 0 Å². The van der Waals surface area contributed by atoms with Gasteiger partial charge in [-0.2, -0.15) is 0 Å². The van der Waals surface area contributed by atoms with Crippen molar-refractivity contribution in [1.29, 1.82) is 0 Å². The molecule has 0 aliphatic carbocycles. The van der Waals surface area contributed by atoms with Gasteiger partial charge in [-0.1, -0.05) is 0 Å². The van der Waals surface area contributed by atoms with Gasteiger partial charge in [0, 0.05) is 14.2 Å². The molecule has 0 aromatic rings. The number of ether oxygens (including phenoxy) is 2. The molecular formula is C8H16O6. The fourth-order valence-corrected chi connectivity index (χ4v) is 0.943. The van der Waals surface area contributed by atoms with Crippen molar-refractivity contribution >= 4 is 5.78 Å². The summed E-state index contributed by atoms with van der Waals surface area (Å²) in [4.78, 5) is 11.0. The fraction of sp³-hybridized carbons (Fsp3) is 0.875. The number of hydrogen-bond acceptors (Lipinski definition) is 6. The summed E-state index contributed by atoms with van der Waals surface area (Å²) in [6.45, 7) is -0.769. The molecule has 0 aliphatic rings. The van der Waals surface area contributed by atoms with E-state index in [2.05, 4.69) is 9.47 Å². The Morgan fingerprint density at radius 1 is 1.36 bits per heavy atom. The van der Waals surface area contributed by atoms with Crippen LogP contribution in [0.1, 0.15) is 0 Å². The van der Waals surface area contributed by atoms with Crippen molar-refractivity contribution in [3.8, 4) is 0 Å². The first-order valence-corrected chi connectivity index (χ1v) is 4.09. The van der Waals surface area contributed by atoms with Crippen LogP contribution in [0.3, 0.4) is 0 Å². The van der Waals surface area contributed by atoms with E-state index in [1.165, 1.54) is 14.2 Å². The number of carbonyl (C=O) groups excluding carboxylic acids is 1. The highest BCUT2D eigenvalue weighted by Crippen LogP contribution is 2.04. The van der Waals surface area contributed by atoms with Gasteiger partial charge in [0.2, 0.25) is 0 Å². The van der Waals surface area contributed by atoms with E-state index < -0.39 is 30.7 Å². The minimum absolute atomic E-state index is 0.292. The summed E-state index contributed by atoms with van der Waals surface area (Å²) in [7, 11) is 2.56. The lowest BCUT2D eigenvalue weighted by Crippen LogP contribution is -2.45. The molecule has 0 aromatic carbocycles. The molecule has 0 rings (SSSR count). The van der Waals surface area contributed by atoms with Gasteiger partial charge in [-0.05, 0) is 0 Å². The maximum absolute atomic E-state index is 11.0. The molecule has 0 spiro atoms. The van der Waals surface area contributed by atoms with Crippen LogP contribution in [0.15, 0.2) is 0 Å². The van der Waals surface area contributed by atoms with Gasteiger partial charge in [0.1, 0.15) is 24.9 Å². The van der Waals surface area contributed by atoms with E-state index in [-0.39, 0.29) is 6.61 Å². The monoisotopic (exact) mass is 208 g/mol. The molecule has 0 radical (unpaired) electrons. The van der Waals surface area contributed by atoms with Crippen LogP contribution in [0.2, 0.25) is 0 Å². The minimum atomic E-state index is -1.60. The molecule has 3 N–H and O–H groups in total. The van der Waals surface area contributed by atoms with Crippen molar-refractivity contribution in [1.82, 2.24) is 0 Å². The second-order valence-corrected chi connectivity index (χ2v) is 2.79. The third-order valence-electron chi connectivity index (χ3n) is 1.80. The molecule has 3 unspecified atom stereocenters. The van der Waals surface area contributed by atoms with Gasteiger partial charge in [0.15, 0.2) is 5.78 Å². The highest BCUT2D eigenvalue weighted by atomic mass is 16.5. The molecule has 6 heteroatoms. The second kappa shape index (κ2) is 6.86. The van der Waals surface area contributed by atoms with Gasteiger partial charge in [0.25, 0.3) is 0 Å². The molecule has 0 aromatic heterocycles. The van der Waals surface area contributed by atoms with Crippen LogP contribution in [-0.2, 0) is 14.3 Å². The molecule has 84 valence electrons. The third kappa shape index (κ3) is 3.69. The first-order chi connectivity index (χ1) is 6.58. The largest absolute Gasteiger partial charge is 0.394 e. The molecule has 0 saturated heterocycles. The molecule has 6 nitrogen and oxygen atoms in total. The molecule has 14 heavy (non-hydrogen) atoms. The van der Waals surface area contributed by atoms with Crippen molar-refractivity contribution in [3.05, 3.63) is 0 Å². The molecule has 0 aliphatic heterocycles. The van der Waals surface area contributed by atoms with Crippen LogP contribution < -0.4 is 0 Å². The van der Waals surface area contributed by atoms with E-state index >= 15 is 0 Å². The molecule has 0 fully saturated rings.